The lowest BCUT2D eigenvalue weighted by Crippen LogP contribution is -2.15. The lowest BCUT2D eigenvalue weighted by Gasteiger charge is -2.24. The first kappa shape index (κ1) is 17.1. The van der Waals surface area contributed by atoms with E-state index >= 15 is 0 Å². The Labute approximate surface area is 181 Å². The Balaban J connectivity index is 1.77. The second kappa shape index (κ2) is 5.74. The largest absolute Gasteiger partial charge is 0.0616 e. The molecule has 0 unspecified atom stereocenters. The summed E-state index contributed by atoms with van der Waals surface area (Å²) in [6.07, 6.45) is 0. The van der Waals surface area contributed by atoms with Gasteiger partial charge in [0.15, 0.2) is 0 Å². The van der Waals surface area contributed by atoms with Crippen molar-refractivity contribution in [2.45, 2.75) is 19.3 Å². The van der Waals surface area contributed by atoms with Crippen molar-refractivity contribution in [3.63, 3.8) is 0 Å². The Kier molecular flexibility index (Phi) is 3.16. The van der Waals surface area contributed by atoms with Gasteiger partial charge in [0.2, 0.25) is 0 Å². The van der Waals surface area contributed by atoms with Crippen LogP contribution in [-0.2, 0) is 5.41 Å². The van der Waals surface area contributed by atoms with Crippen LogP contribution in [0, 0.1) is 0 Å². The van der Waals surface area contributed by atoms with Gasteiger partial charge in [-0.2, -0.15) is 0 Å². The third-order valence-corrected chi connectivity index (χ3v) is 7.37. The van der Waals surface area contributed by atoms with E-state index in [9.17, 15) is 0 Å². The summed E-state index contributed by atoms with van der Waals surface area (Å²) in [6, 6.07) is 36.0. The van der Waals surface area contributed by atoms with Crippen LogP contribution in [0.4, 0.5) is 0 Å². The average Bonchev–Trinajstić information content (AvgIpc) is 3.05. The van der Waals surface area contributed by atoms with E-state index in [1.807, 2.05) is 0 Å². The van der Waals surface area contributed by atoms with Crippen LogP contribution in [0.2, 0.25) is 0 Å². The van der Waals surface area contributed by atoms with Gasteiger partial charge in [-0.25, -0.2) is 0 Å². The van der Waals surface area contributed by atoms with Crippen molar-refractivity contribution in [1.29, 1.82) is 0 Å². The summed E-state index contributed by atoms with van der Waals surface area (Å²) in [5, 5.41) is 10.7. The maximum atomic E-state index is 2.40. The fraction of sp³-hybridized carbons (Fsp3) is 0.0968. The second-order valence-corrected chi connectivity index (χ2v) is 9.37. The molecule has 0 bridgehead atoms. The molecule has 0 atom stereocenters. The van der Waals surface area contributed by atoms with Crippen molar-refractivity contribution in [1.82, 2.24) is 0 Å². The van der Waals surface area contributed by atoms with E-state index in [1.165, 1.54) is 65.3 Å². The number of benzene rings is 6. The van der Waals surface area contributed by atoms with Crippen LogP contribution in [0.3, 0.4) is 0 Å². The molecule has 0 saturated carbocycles. The fourth-order valence-electron chi connectivity index (χ4n) is 5.99. The number of rotatable bonds is 0. The van der Waals surface area contributed by atoms with Gasteiger partial charge in [-0.1, -0.05) is 98.8 Å². The fourth-order valence-corrected chi connectivity index (χ4v) is 5.99. The summed E-state index contributed by atoms with van der Waals surface area (Å²) >= 11 is 0. The predicted octanol–water partition coefficient (Wildman–Crippen LogP) is 8.61. The number of hydrogen-bond donors (Lipinski definition) is 0. The van der Waals surface area contributed by atoms with Crippen molar-refractivity contribution in [3.05, 3.63) is 108 Å². The second-order valence-electron chi connectivity index (χ2n) is 9.37. The van der Waals surface area contributed by atoms with Crippen LogP contribution >= 0.6 is 0 Å². The zero-order chi connectivity index (χ0) is 20.7. The SMILES string of the molecule is CC1(C)c2ccc3cc4ccccc4cc3c2-c2c1c1ccccc1c1ccccc21. The highest BCUT2D eigenvalue weighted by atomic mass is 14.4. The standard InChI is InChI=1S/C31H22/c1-31(2)27-16-15-21-17-19-9-3-4-10-20(19)18-26(21)28(27)29-24-13-7-5-11-22(24)23-12-6-8-14-25(23)30(29)31/h3-18H,1-2H3. The molecule has 0 heteroatoms. The lowest BCUT2D eigenvalue weighted by molar-refractivity contribution is 0.667. The van der Waals surface area contributed by atoms with Crippen molar-refractivity contribution in [3.8, 4) is 11.1 Å². The van der Waals surface area contributed by atoms with E-state index in [-0.39, 0.29) is 5.41 Å². The van der Waals surface area contributed by atoms with Crippen LogP contribution in [0.1, 0.15) is 25.0 Å². The minimum Gasteiger partial charge on any atom is -0.0616 e. The Bertz CT molecular complexity index is 1700. The summed E-state index contributed by atoms with van der Waals surface area (Å²) in [5.74, 6) is 0. The van der Waals surface area contributed by atoms with Crippen LogP contribution in [-0.4, -0.2) is 0 Å². The molecule has 7 rings (SSSR count). The highest BCUT2D eigenvalue weighted by molar-refractivity contribution is 6.21. The van der Waals surface area contributed by atoms with Gasteiger partial charge in [0.25, 0.3) is 0 Å². The highest BCUT2D eigenvalue weighted by Gasteiger charge is 2.39. The van der Waals surface area contributed by atoms with Crippen molar-refractivity contribution < 1.29 is 0 Å². The van der Waals surface area contributed by atoms with E-state index in [0.717, 1.165) is 0 Å². The Morgan fingerprint density at radius 1 is 0.452 bits per heavy atom. The van der Waals surface area contributed by atoms with Gasteiger partial charge in [-0.05, 0) is 77.5 Å². The lowest BCUT2D eigenvalue weighted by atomic mass is 9.79. The molecular weight excluding hydrogens is 372 g/mol. The summed E-state index contributed by atoms with van der Waals surface area (Å²) < 4.78 is 0. The summed E-state index contributed by atoms with van der Waals surface area (Å²) in [7, 11) is 0. The quantitative estimate of drug-likeness (QED) is 0.179. The van der Waals surface area contributed by atoms with Gasteiger partial charge >= 0.3 is 0 Å². The first-order valence-corrected chi connectivity index (χ1v) is 11.0. The zero-order valence-electron chi connectivity index (χ0n) is 17.7. The van der Waals surface area contributed by atoms with Crippen LogP contribution in [0.25, 0.3) is 54.2 Å². The molecule has 0 fully saturated rings. The molecule has 0 aliphatic heterocycles. The molecule has 1 aliphatic rings. The van der Waals surface area contributed by atoms with Gasteiger partial charge in [0, 0.05) is 5.41 Å². The molecule has 6 aromatic carbocycles. The molecule has 0 heterocycles. The van der Waals surface area contributed by atoms with Gasteiger partial charge < -0.3 is 0 Å². The van der Waals surface area contributed by atoms with E-state index in [0.29, 0.717) is 0 Å². The molecule has 146 valence electrons. The van der Waals surface area contributed by atoms with Crippen molar-refractivity contribution in [2.24, 2.45) is 0 Å². The highest BCUT2D eigenvalue weighted by Crippen LogP contribution is 2.56. The van der Waals surface area contributed by atoms with Crippen LogP contribution < -0.4 is 0 Å². The molecule has 0 nitrogen and oxygen atoms in total. The predicted molar refractivity (Wildman–Crippen MR) is 134 cm³/mol. The van der Waals surface area contributed by atoms with E-state index in [1.54, 1.807) is 0 Å². The Morgan fingerprint density at radius 3 is 1.77 bits per heavy atom. The molecule has 0 N–H and O–H groups in total. The molecule has 0 amide bonds. The van der Waals surface area contributed by atoms with E-state index in [4.69, 9.17) is 0 Å². The number of fused-ring (bicyclic) bond motifs is 11. The first-order chi connectivity index (χ1) is 15.1. The topological polar surface area (TPSA) is 0 Å². The third-order valence-electron chi connectivity index (χ3n) is 7.37. The summed E-state index contributed by atoms with van der Waals surface area (Å²) in [4.78, 5) is 0. The van der Waals surface area contributed by atoms with Crippen molar-refractivity contribution >= 4 is 43.1 Å². The van der Waals surface area contributed by atoms with Gasteiger partial charge in [-0.3, -0.25) is 0 Å². The minimum atomic E-state index is -0.0475. The summed E-state index contributed by atoms with van der Waals surface area (Å²) in [6.45, 7) is 4.79. The van der Waals surface area contributed by atoms with E-state index < -0.39 is 0 Å². The maximum Gasteiger partial charge on any atom is 0.0165 e. The van der Waals surface area contributed by atoms with Crippen LogP contribution in [0.15, 0.2) is 97.1 Å². The molecule has 0 radical (unpaired) electrons. The number of hydrogen-bond acceptors (Lipinski definition) is 0. The summed E-state index contributed by atoms with van der Waals surface area (Å²) in [5.41, 5.74) is 5.71. The maximum absolute atomic E-state index is 2.40. The Hall–Kier alpha value is -3.64. The average molecular weight is 395 g/mol. The molecule has 0 saturated heterocycles. The molecular formula is C31H22. The molecule has 6 aromatic rings. The molecule has 31 heavy (non-hydrogen) atoms. The zero-order valence-corrected chi connectivity index (χ0v) is 17.7. The third kappa shape index (κ3) is 2.10. The normalized spacial score (nSPS) is 14.4. The monoisotopic (exact) mass is 394 g/mol. The van der Waals surface area contributed by atoms with Crippen molar-refractivity contribution in [2.75, 3.05) is 0 Å². The van der Waals surface area contributed by atoms with Crippen LogP contribution in [0.5, 0.6) is 0 Å². The van der Waals surface area contributed by atoms with Gasteiger partial charge in [-0.15, -0.1) is 0 Å². The van der Waals surface area contributed by atoms with Gasteiger partial charge in [0.05, 0.1) is 0 Å². The molecule has 0 spiro atoms. The first-order valence-electron chi connectivity index (χ1n) is 11.0. The van der Waals surface area contributed by atoms with E-state index in [2.05, 4.69) is 111 Å². The molecule has 0 aromatic heterocycles. The Morgan fingerprint density at radius 2 is 1.03 bits per heavy atom. The molecule has 1 aliphatic carbocycles. The minimum absolute atomic E-state index is 0.0475. The van der Waals surface area contributed by atoms with Gasteiger partial charge in [0.1, 0.15) is 0 Å². The smallest absolute Gasteiger partial charge is 0.0165 e.